The van der Waals surface area contributed by atoms with Crippen LogP contribution in [0.15, 0.2) is 42.5 Å². The van der Waals surface area contributed by atoms with Crippen LogP contribution in [0.1, 0.15) is 10.4 Å². The van der Waals surface area contributed by atoms with Crippen LogP contribution in [0.25, 0.3) is 11.1 Å². The number of rotatable bonds is 3. The van der Waals surface area contributed by atoms with E-state index < -0.39 is 12.3 Å². The van der Waals surface area contributed by atoms with Crippen LogP contribution in [-0.4, -0.2) is 19.4 Å². The van der Waals surface area contributed by atoms with E-state index in [9.17, 15) is 18.0 Å². The van der Waals surface area contributed by atoms with Crippen molar-refractivity contribution in [1.82, 2.24) is 0 Å². The number of anilines is 1. The maximum atomic E-state index is 12.1. The van der Waals surface area contributed by atoms with Gasteiger partial charge in [0.1, 0.15) is 5.75 Å². The molecule has 7 heteroatoms. The van der Waals surface area contributed by atoms with Crippen molar-refractivity contribution in [2.24, 2.45) is 0 Å². The molecule has 2 aromatic carbocycles. The second-order valence-corrected chi connectivity index (χ2v) is 4.37. The van der Waals surface area contributed by atoms with Gasteiger partial charge in [0, 0.05) is 5.69 Å². The van der Waals surface area contributed by atoms with Crippen molar-refractivity contribution in [3.8, 4) is 16.9 Å². The molecule has 0 saturated heterocycles. The Morgan fingerprint density at radius 3 is 2.27 bits per heavy atom. The molecule has 0 unspecified atom stereocenters. The predicted octanol–water partition coefficient (Wildman–Crippen LogP) is 3.62. The highest BCUT2D eigenvalue weighted by molar-refractivity contribution is 5.98. The summed E-state index contributed by atoms with van der Waals surface area (Å²) in [5.41, 5.74) is 7.35. The van der Waals surface area contributed by atoms with E-state index in [4.69, 9.17) is 5.73 Å². The lowest BCUT2D eigenvalue weighted by molar-refractivity contribution is -0.274. The van der Waals surface area contributed by atoms with Crippen molar-refractivity contribution in [2.45, 2.75) is 6.36 Å². The third-order valence-corrected chi connectivity index (χ3v) is 2.85. The maximum Gasteiger partial charge on any atom is 0.573 e. The first-order valence-corrected chi connectivity index (χ1v) is 6.14. The minimum Gasteiger partial charge on any atom is -0.465 e. The highest BCUT2D eigenvalue weighted by Crippen LogP contribution is 2.30. The van der Waals surface area contributed by atoms with E-state index in [1.54, 1.807) is 6.07 Å². The molecule has 0 radical (unpaired) electrons. The molecule has 0 amide bonds. The number of nitrogen functional groups attached to an aromatic ring is 1. The van der Waals surface area contributed by atoms with Gasteiger partial charge in [-0.3, -0.25) is 0 Å². The van der Waals surface area contributed by atoms with Gasteiger partial charge in [-0.1, -0.05) is 12.1 Å². The Hall–Kier alpha value is -2.70. The molecular weight excluding hydrogens is 299 g/mol. The van der Waals surface area contributed by atoms with E-state index in [2.05, 4.69) is 9.47 Å². The third kappa shape index (κ3) is 3.69. The second kappa shape index (κ2) is 5.97. The zero-order chi connectivity index (χ0) is 16.3. The number of benzene rings is 2. The van der Waals surface area contributed by atoms with Crippen molar-refractivity contribution >= 4 is 11.7 Å². The number of carbonyl (C=O) groups excluding carboxylic acids is 1. The SMILES string of the molecule is COC(=O)c1ccc(N)cc1-c1ccc(OC(F)(F)F)cc1. The molecule has 0 fully saturated rings. The number of methoxy groups -OCH3 is 1. The van der Waals surface area contributed by atoms with E-state index in [0.717, 1.165) is 12.1 Å². The third-order valence-electron chi connectivity index (χ3n) is 2.85. The van der Waals surface area contributed by atoms with Gasteiger partial charge in [0.15, 0.2) is 0 Å². The van der Waals surface area contributed by atoms with Crippen molar-refractivity contribution in [1.29, 1.82) is 0 Å². The van der Waals surface area contributed by atoms with Crippen LogP contribution < -0.4 is 10.5 Å². The number of carbonyl (C=O) groups is 1. The minimum atomic E-state index is -4.75. The molecule has 0 spiro atoms. The summed E-state index contributed by atoms with van der Waals surface area (Å²) in [4.78, 5) is 11.7. The zero-order valence-electron chi connectivity index (χ0n) is 11.5. The Morgan fingerprint density at radius 1 is 1.09 bits per heavy atom. The Bertz CT molecular complexity index is 681. The quantitative estimate of drug-likeness (QED) is 0.694. The van der Waals surface area contributed by atoms with Gasteiger partial charge in [-0.05, 0) is 41.5 Å². The minimum absolute atomic E-state index is 0.265. The van der Waals surface area contributed by atoms with Gasteiger partial charge in [-0.2, -0.15) is 0 Å². The van der Waals surface area contributed by atoms with Crippen LogP contribution >= 0.6 is 0 Å². The lowest BCUT2D eigenvalue weighted by Crippen LogP contribution is -2.16. The molecule has 0 heterocycles. The molecule has 116 valence electrons. The summed E-state index contributed by atoms with van der Waals surface area (Å²) in [6.07, 6.45) is -4.75. The standard InChI is InChI=1S/C15H12F3NO3/c1-21-14(20)12-7-4-10(19)8-13(12)9-2-5-11(6-3-9)22-15(16,17)18/h2-8H,19H2,1H3. The van der Waals surface area contributed by atoms with Gasteiger partial charge >= 0.3 is 12.3 Å². The molecule has 0 aliphatic heterocycles. The fourth-order valence-electron chi connectivity index (χ4n) is 1.92. The van der Waals surface area contributed by atoms with Crippen molar-refractivity contribution < 1.29 is 27.4 Å². The smallest absolute Gasteiger partial charge is 0.465 e. The van der Waals surface area contributed by atoms with Crippen LogP contribution in [0, 0.1) is 0 Å². The summed E-state index contributed by atoms with van der Waals surface area (Å²) in [5, 5.41) is 0. The number of esters is 1. The first-order chi connectivity index (χ1) is 10.3. The van der Waals surface area contributed by atoms with Gasteiger partial charge in [-0.15, -0.1) is 13.2 Å². The van der Waals surface area contributed by atoms with Crippen LogP contribution in [0.2, 0.25) is 0 Å². The summed E-state index contributed by atoms with van der Waals surface area (Å²) in [7, 11) is 1.24. The van der Waals surface area contributed by atoms with Crippen LogP contribution in [0.3, 0.4) is 0 Å². The molecule has 4 nitrogen and oxygen atoms in total. The van der Waals surface area contributed by atoms with Crippen LogP contribution in [0.4, 0.5) is 18.9 Å². The first-order valence-electron chi connectivity index (χ1n) is 6.14. The first kappa shape index (κ1) is 15.7. The summed E-state index contributed by atoms with van der Waals surface area (Å²) < 4.78 is 44.9. The average molecular weight is 311 g/mol. The Balaban J connectivity index is 2.39. The number of ether oxygens (including phenoxy) is 2. The monoisotopic (exact) mass is 311 g/mol. The van der Waals surface area contributed by atoms with E-state index in [1.165, 1.54) is 31.4 Å². The maximum absolute atomic E-state index is 12.1. The molecular formula is C15H12F3NO3. The van der Waals surface area contributed by atoms with E-state index in [-0.39, 0.29) is 11.3 Å². The number of hydrogen-bond acceptors (Lipinski definition) is 4. The molecule has 0 aliphatic rings. The summed E-state index contributed by atoms with van der Waals surface area (Å²) in [6.45, 7) is 0. The molecule has 0 saturated carbocycles. The Kier molecular flexibility index (Phi) is 4.25. The fourth-order valence-corrected chi connectivity index (χ4v) is 1.92. The Labute approximate surface area is 124 Å². The van der Waals surface area contributed by atoms with Gasteiger partial charge in [0.2, 0.25) is 0 Å². The van der Waals surface area contributed by atoms with Gasteiger partial charge in [-0.25, -0.2) is 4.79 Å². The highest BCUT2D eigenvalue weighted by Gasteiger charge is 2.31. The molecule has 0 aromatic heterocycles. The second-order valence-electron chi connectivity index (χ2n) is 4.37. The molecule has 22 heavy (non-hydrogen) atoms. The lowest BCUT2D eigenvalue weighted by atomic mass is 9.99. The van der Waals surface area contributed by atoms with Crippen molar-refractivity contribution in [2.75, 3.05) is 12.8 Å². The largest absolute Gasteiger partial charge is 0.573 e. The normalized spacial score (nSPS) is 11.1. The van der Waals surface area contributed by atoms with Crippen LogP contribution in [0.5, 0.6) is 5.75 Å². The molecule has 2 aromatic rings. The van der Waals surface area contributed by atoms with E-state index >= 15 is 0 Å². The van der Waals surface area contributed by atoms with Crippen LogP contribution in [-0.2, 0) is 4.74 Å². The van der Waals surface area contributed by atoms with Gasteiger partial charge in [0.25, 0.3) is 0 Å². The van der Waals surface area contributed by atoms with Gasteiger partial charge < -0.3 is 15.2 Å². The fraction of sp³-hybridized carbons (Fsp3) is 0.133. The topological polar surface area (TPSA) is 61.5 Å². The number of halogens is 3. The van der Waals surface area contributed by atoms with E-state index in [1.807, 2.05) is 0 Å². The summed E-state index contributed by atoms with van der Waals surface area (Å²) in [6, 6.07) is 9.71. The number of nitrogens with two attached hydrogens (primary N) is 1. The molecule has 0 aliphatic carbocycles. The predicted molar refractivity (Wildman–Crippen MR) is 74.3 cm³/mol. The molecule has 2 rings (SSSR count). The Morgan fingerprint density at radius 2 is 1.73 bits per heavy atom. The molecule has 0 atom stereocenters. The number of alkyl halides is 3. The highest BCUT2D eigenvalue weighted by atomic mass is 19.4. The zero-order valence-corrected chi connectivity index (χ0v) is 11.5. The van der Waals surface area contributed by atoms with Crippen molar-refractivity contribution in [3.63, 3.8) is 0 Å². The lowest BCUT2D eigenvalue weighted by Gasteiger charge is -2.11. The van der Waals surface area contributed by atoms with E-state index in [0.29, 0.717) is 16.8 Å². The summed E-state index contributed by atoms with van der Waals surface area (Å²) in [5.74, 6) is -0.912. The molecule has 0 bridgehead atoms. The average Bonchev–Trinajstić information content (AvgIpc) is 2.45. The number of hydrogen-bond donors (Lipinski definition) is 1. The van der Waals surface area contributed by atoms with Gasteiger partial charge in [0.05, 0.1) is 12.7 Å². The van der Waals surface area contributed by atoms with Crippen molar-refractivity contribution in [3.05, 3.63) is 48.0 Å². The summed E-state index contributed by atoms with van der Waals surface area (Å²) >= 11 is 0. The molecule has 2 N–H and O–H groups in total.